The van der Waals surface area contributed by atoms with Crippen molar-refractivity contribution in [3.63, 3.8) is 0 Å². The Labute approximate surface area is 155 Å². The Bertz CT molecular complexity index is 804. The van der Waals surface area contributed by atoms with E-state index in [0.717, 1.165) is 50.4 Å². The summed E-state index contributed by atoms with van der Waals surface area (Å²) in [5.41, 5.74) is 3.34. The van der Waals surface area contributed by atoms with E-state index < -0.39 is 0 Å². The van der Waals surface area contributed by atoms with Gasteiger partial charge in [-0.15, -0.1) is 0 Å². The van der Waals surface area contributed by atoms with Gasteiger partial charge in [0.25, 0.3) is 0 Å². The van der Waals surface area contributed by atoms with E-state index in [4.69, 9.17) is 0 Å². The highest BCUT2D eigenvalue weighted by Gasteiger charge is 2.51. The molecule has 26 heavy (non-hydrogen) atoms. The third-order valence-corrected chi connectivity index (χ3v) is 5.79. The lowest BCUT2D eigenvalue weighted by molar-refractivity contribution is -0.135. The van der Waals surface area contributed by atoms with Crippen molar-refractivity contribution in [2.75, 3.05) is 24.5 Å². The average Bonchev–Trinajstić information content (AvgIpc) is 3.22. The van der Waals surface area contributed by atoms with Crippen LogP contribution in [0.1, 0.15) is 36.5 Å². The summed E-state index contributed by atoms with van der Waals surface area (Å²) in [7, 11) is 0. The van der Waals surface area contributed by atoms with Gasteiger partial charge in [0.05, 0.1) is 5.41 Å². The molecule has 5 heteroatoms. The maximum atomic E-state index is 13.2. The van der Waals surface area contributed by atoms with E-state index >= 15 is 0 Å². The van der Waals surface area contributed by atoms with E-state index in [1.54, 1.807) is 0 Å². The molecule has 0 unspecified atom stereocenters. The molecule has 136 valence electrons. The smallest absolute Gasteiger partial charge is 0.231 e. The van der Waals surface area contributed by atoms with Gasteiger partial charge in [0.1, 0.15) is 0 Å². The third-order valence-electron chi connectivity index (χ3n) is 5.79. The molecule has 1 aromatic heterocycles. The zero-order valence-electron chi connectivity index (χ0n) is 15.6. The lowest BCUT2D eigenvalue weighted by atomic mass is 9.85. The summed E-state index contributed by atoms with van der Waals surface area (Å²) in [5.74, 6) is 1.05. The number of benzene rings is 1. The number of hydrogen-bond donors (Lipinski definition) is 0. The molecule has 1 aromatic carbocycles. The second-order valence-electron chi connectivity index (χ2n) is 7.66. The van der Waals surface area contributed by atoms with Crippen LogP contribution in [0.2, 0.25) is 0 Å². The first kappa shape index (κ1) is 17.0. The van der Waals surface area contributed by atoms with Crippen LogP contribution < -0.4 is 4.90 Å². The van der Waals surface area contributed by atoms with Gasteiger partial charge in [-0.3, -0.25) is 4.79 Å². The maximum Gasteiger partial charge on any atom is 0.231 e. The minimum Gasteiger partial charge on any atom is -0.340 e. The first-order valence-corrected chi connectivity index (χ1v) is 9.50. The van der Waals surface area contributed by atoms with E-state index in [9.17, 15) is 4.79 Å². The predicted octanol–water partition coefficient (Wildman–Crippen LogP) is 2.98. The van der Waals surface area contributed by atoms with Crippen LogP contribution in [-0.4, -0.2) is 40.4 Å². The molecule has 2 fully saturated rings. The number of aromatic nitrogens is 2. The van der Waals surface area contributed by atoms with Crippen LogP contribution in [0.4, 0.5) is 5.95 Å². The van der Waals surface area contributed by atoms with E-state index in [1.165, 1.54) is 11.1 Å². The van der Waals surface area contributed by atoms with Crippen molar-refractivity contribution in [1.29, 1.82) is 0 Å². The van der Waals surface area contributed by atoms with Crippen molar-refractivity contribution in [2.45, 2.75) is 39.7 Å². The molecule has 2 aromatic rings. The van der Waals surface area contributed by atoms with Gasteiger partial charge in [-0.2, -0.15) is 0 Å². The third kappa shape index (κ3) is 3.06. The Kier molecular flexibility index (Phi) is 4.39. The Morgan fingerprint density at radius 1 is 1.12 bits per heavy atom. The highest BCUT2D eigenvalue weighted by Crippen LogP contribution is 2.42. The number of rotatable bonds is 4. The number of anilines is 1. The fourth-order valence-electron chi connectivity index (χ4n) is 4.19. The molecule has 1 spiro atoms. The van der Waals surface area contributed by atoms with Gasteiger partial charge in [-0.25, -0.2) is 9.97 Å². The van der Waals surface area contributed by atoms with E-state index in [2.05, 4.69) is 53.0 Å². The van der Waals surface area contributed by atoms with Gasteiger partial charge >= 0.3 is 0 Å². The van der Waals surface area contributed by atoms with Gasteiger partial charge < -0.3 is 9.80 Å². The Balaban J connectivity index is 1.45. The fraction of sp³-hybridized carbons (Fsp3) is 0.476. The van der Waals surface area contributed by atoms with Gasteiger partial charge in [0, 0.05) is 38.6 Å². The molecular formula is C21H26N4O. The van der Waals surface area contributed by atoms with Gasteiger partial charge in [-0.1, -0.05) is 36.8 Å². The average molecular weight is 350 g/mol. The molecule has 0 N–H and O–H groups in total. The van der Waals surface area contributed by atoms with Crippen molar-refractivity contribution in [3.05, 3.63) is 53.3 Å². The molecule has 2 aliphatic rings. The van der Waals surface area contributed by atoms with Crippen molar-refractivity contribution < 1.29 is 4.79 Å². The number of aryl methyl sites for hydroxylation is 2. The molecule has 0 saturated carbocycles. The second kappa shape index (κ2) is 6.71. The lowest BCUT2D eigenvalue weighted by Crippen LogP contribution is -2.37. The van der Waals surface area contributed by atoms with Crippen LogP contribution in [-0.2, 0) is 17.8 Å². The van der Waals surface area contributed by atoms with Crippen molar-refractivity contribution in [3.8, 4) is 0 Å². The monoisotopic (exact) mass is 350 g/mol. The summed E-state index contributed by atoms with van der Waals surface area (Å²) in [6, 6.07) is 8.43. The molecule has 0 bridgehead atoms. The van der Waals surface area contributed by atoms with Crippen molar-refractivity contribution in [2.24, 2.45) is 5.41 Å². The molecule has 1 amide bonds. The highest BCUT2D eigenvalue weighted by atomic mass is 16.2. The number of amides is 1. The molecule has 2 aliphatic heterocycles. The summed E-state index contributed by atoms with van der Waals surface area (Å²) >= 11 is 0. The summed E-state index contributed by atoms with van der Waals surface area (Å²) in [5, 5.41) is 0. The quantitative estimate of drug-likeness (QED) is 0.851. The van der Waals surface area contributed by atoms with Crippen LogP contribution in [0.25, 0.3) is 0 Å². The molecule has 3 heterocycles. The molecule has 0 aliphatic carbocycles. The SMILES string of the molecule is CCc1cnc(N2CC[C@]3(CCN(Cc4cccc(C)c4)C3=O)C2)nc1. The van der Waals surface area contributed by atoms with E-state index in [-0.39, 0.29) is 5.41 Å². The van der Waals surface area contributed by atoms with Crippen molar-refractivity contribution in [1.82, 2.24) is 14.9 Å². The van der Waals surface area contributed by atoms with Gasteiger partial charge in [0.15, 0.2) is 0 Å². The minimum absolute atomic E-state index is 0.253. The standard InChI is InChI=1S/C21H26N4O/c1-3-17-12-22-20(23-13-17)25-10-8-21(15-25)7-9-24(19(21)26)14-18-6-4-5-16(2)11-18/h4-6,11-13H,3,7-10,14-15H2,1-2H3/t21-/m1/s1. The summed E-state index contributed by atoms with van der Waals surface area (Å²) in [6.07, 6.45) is 6.56. The molecular weight excluding hydrogens is 324 g/mol. The second-order valence-corrected chi connectivity index (χ2v) is 7.66. The number of carbonyl (C=O) groups is 1. The van der Waals surface area contributed by atoms with Crippen LogP contribution in [0.5, 0.6) is 0 Å². The Morgan fingerprint density at radius 3 is 2.62 bits per heavy atom. The molecule has 2 saturated heterocycles. The summed E-state index contributed by atoms with van der Waals surface area (Å²) in [6.45, 7) is 7.34. The van der Waals surface area contributed by atoms with Gasteiger partial charge in [0.2, 0.25) is 11.9 Å². The van der Waals surface area contributed by atoms with Crippen LogP contribution in [0, 0.1) is 12.3 Å². The van der Waals surface area contributed by atoms with Crippen molar-refractivity contribution >= 4 is 11.9 Å². The molecule has 5 nitrogen and oxygen atoms in total. The summed E-state index contributed by atoms with van der Waals surface area (Å²) < 4.78 is 0. The number of nitrogens with zero attached hydrogens (tertiary/aromatic N) is 4. The first-order chi connectivity index (χ1) is 12.6. The highest BCUT2D eigenvalue weighted by molar-refractivity contribution is 5.86. The maximum absolute atomic E-state index is 13.2. The summed E-state index contributed by atoms with van der Waals surface area (Å²) in [4.78, 5) is 26.4. The van der Waals surface area contributed by atoms with Gasteiger partial charge in [-0.05, 0) is 37.3 Å². The normalized spacial score (nSPS) is 22.6. The zero-order valence-corrected chi connectivity index (χ0v) is 15.6. The Hall–Kier alpha value is -2.43. The van der Waals surface area contributed by atoms with Crippen LogP contribution >= 0.6 is 0 Å². The Morgan fingerprint density at radius 2 is 1.88 bits per heavy atom. The molecule has 4 rings (SSSR count). The number of likely N-dealkylation sites (tertiary alicyclic amines) is 1. The molecule has 1 atom stereocenters. The van der Waals surface area contributed by atoms with E-state index in [0.29, 0.717) is 12.5 Å². The topological polar surface area (TPSA) is 49.3 Å². The predicted molar refractivity (Wildman–Crippen MR) is 102 cm³/mol. The van der Waals surface area contributed by atoms with E-state index in [1.807, 2.05) is 17.3 Å². The first-order valence-electron chi connectivity index (χ1n) is 9.50. The number of carbonyl (C=O) groups excluding carboxylic acids is 1. The largest absolute Gasteiger partial charge is 0.340 e. The fourth-order valence-corrected chi connectivity index (χ4v) is 4.19. The number of hydrogen-bond acceptors (Lipinski definition) is 4. The zero-order chi connectivity index (χ0) is 18.1. The minimum atomic E-state index is -0.253. The molecule has 0 radical (unpaired) electrons. The van der Waals surface area contributed by atoms with Crippen LogP contribution in [0.3, 0.4) is 0 Å². The lowest BCUT2D eigenvalue weighted by Gasteiger charge is -2.24. The van der Waals surface area contributed by atoms with Crippen LogP contribution in [0.15, 0.2) is 36.7 Å².